The van der Waals surface area contributed by atoms with E-state index in [9.17, 15) is 0 Å². The van der Waals surface area contributed by atoms with Gasteiger partial charge in [-0.05, 0) is 0 Å². The molecule has 0 aliphatic carbocycles. The fraction of sp³-hybridized carbons (Fsp3) is 1.00. The van der Waals surface area contributed by atoms with Crippen molar-refractivity contribution in [1.82, 2.24) is 0 Å². The summed E-state index contributed by atoms with van der Waals surface area (Å²) in [6.45, 7) is 0. The van der Waals surface area contributed by atoms with Gasteiger partial charge in [-0.2, -0.15) is 0 Å². The van der Waals surface area contributed by atoms with Crippen molar-refractivity contribution in [2.24, 2.45) is 0 Å². The molecule has 0 saturated heterocycles. The van der Waals surface area contributed by atoms with Crippen molar-refractivity contribution in [3.05, 3.63) is 0 Å². The minimum Gasteiger partial charge on any atom is -2.00 e. The smallest absolute Gasteiger partial charge is 2.00 e. The van der Waals surface area contributed by atoms with E-state index in [1.165, 1.54) is 0 Å². The van der Waals surface area contributed by atoms with Crippen LogP contribution < -0.4 is 18.6 Å². The molecule has 0 aromatic rings. The van der Waals surface area contributed by atoms with Crippen molar-refractivity contribution in [3.8, 4) is 0 Å². The Morgan fingerprint density at radius 3 is 0.833 bits per heavy atom. The van der Waals surface area contributed by atoms with Gasteiger partial charge in [0.15, 0.2) is 0 Å². The molecule has 0 aliphatic heterocycles. The van der Waals surface area contributed by atoms with Crippen LogP contribution in [0.5, 0.6) is 0 Å². The zero-order valence-corrected chi connectivity index (χ0v) is 11.3. The van der Waals surface area contributed by atoms with Gasteiger partial charge in [-0.25, -0.2) is 18.6 Å². The van der Waals surface area contributed by atoms with Gasteiger partial charge in [-0.3, -0.25) is 0 Å². The summed E-state index contributed by atoms with van der Waals surface area (Å²) in [6, 6.07) is 0. The van der Waals surface area contributed by atoms with Gasteiger partial charge in [0.1, 0.15) is 0 Å². The van der Waals surface area contributed by atoms with Gasteiger partial charge in [0, 0.05) is 0 Å². The molecule has 6 nitrogen and oxygen atoms in total. The van der Waals surface area contributed by atoms with Crippen LogP contribution in [0.2, 0.25) is 0 Å². The summed E-state index contributed by atoms with van der Waals surface area (Å²) in [5, 5.41) is 0. The van der Waals surface area contributed by atoms with Crippen LogP contribution in [0.15, 0.2) is 0 Å². The van der Waals surface area contributed by atoms with E-state index in [1.807, 2.05) is 0 Å². The fourth-order valence-electron chi connectivity index (χ4n) is 0. The predicted octanol–water partition coefficient (Wildman–Crippen LogP) is -4.55. The molecule has 0 fully saturated rings. The van der Waals surface area contributed by atoms with Gasteiger partial charge in [0.2, 0.25) is 0 Å². The quantitative estimate of drug-likeness (QED) is 0.319. The summed E-state index contributed by atoms with van der Waals surface area (Å²) in [5.41, 5.74) is 0. The van der Waals surface area contributed by atoms with Crippen LogP contribution in [-0.2, 0) is 25.0 Å². The summed E-state index contributed by atoms with van der Waals surface area (Å²) in [6.07, 6.45) is 0. The zero-order chi connectivity index (χ0) is 9.00. The van der Waals surface area contributed by atoms with Crippen molar-refractivity contribution in [3.63, 3.8) is 0 Å². The first-order valence-electron chi connectivity index (χ1n) is 2.41. The second-order valence-electron chi connectivity index (χ2n) is 3.06. The first-order chi connectivity index (χ1) is 4.00. The molecule has 0 N–H and O–H groups in total. The first kappa shape index (κ1) is 23.0. The molecule has 8 heteroatoms. The number of hydrogen-bond donors (Lipinski definition) is 0. The van der Waals surface area contributed by atoms with E-state index in [1.54, 1.807) is 0 Å². The molecule has 0 radical (unpaired) electrons. The van der Waals surface area contributed by atoms with Crippen LogP contribution in [0, 0.1) is 10.2 Å². The third-order valence-corrected chi connectivity index (χ3v) is 0. The zero-order valence-electron chi connectivity index (χ0n) is 7.57. The number of rotatable bonds is 0. The largest absolute Gasteiger partial charge is 2.00 e. The van der Waals surface area contributed by atoms with Gasteiger partial charge < -0.3 is 9.96 Å². The molecule has 0 aromatic heterocycles. The molecule has 0 spiro atoms. The Hall–Kier alpha value is 0.673. The molecule has 0 aromatic carbocycles. The van der Waals surface area contributed by atoms with E-state index >= 15 is 0 Å². The number of halogens is 1. The second-order valence-corrected chi connectivity index (χ2v) is 3.82. The first-order valence-corrected chi connectivity index (χ1v) is 3.64. The minimum absolute atomic E-state index is 0. The Bertz CT molecular complexity index is 66.4. The van der Waals surface area contributed by atoms with Crippen molar-refractivity contribution >= 4 is 0 Å². The molecular formula is C4H12ClNO5Zn. The van der Waals surface area contributed by atoms with Crippen LogP contribution in [0.25, 0.3) is 0 Å². The Morgan fingerprint density at radius 1 is 0.833 bits per heavy atom. The summed E-state index contributed by atoms with van der Waals surface area (Å²) in [4.78, 5) is 0. The van der Waals surface area contributed by atoms with Crippen molar-refractivity contribution in [2.75, 3.05) is 28.2 Å². The van der Waals surface area contributed by atoms with Crippen molar-refractivity contribution in [1.29, 1.82) is 0 Å². The summed E-state index contributed by atoms with van der Waals surface area (Å²) < 4.78 is 35.0. The number of hydrogen-bond acceptors (Lipinski definition) is 4. The average molecular weight is 255 g/mol. The molecule has 0 rings (SSSR count). The molecule has 0 unspecified atom stereocenters. The maximum atomic E-state index is 8.49. The Labute approximate surface area is 86.8 Å². The van der Waals surface area contributed by atoms with E-state index in [-0.39, 0.29) is 25.0 Å². The van der Waals surface area contributed by atoms with E-state index in [0.717, 1.165) is 4.48 Å². The van der Waals surface area contributed by atoms with Crippen molar-refractivity contribution < 1.29 is 58.3 Å². The van der Waals surface area contributed by atoms with Gasteiger partial charge in [-0.1, -0.05) is 0 Å². The van der Waals surface area contributed by atoms with Gasteiger partial charge in [0.25, 0.3) is 0 Å². The molecular weight excluding hydrogens is 243 g/mol. The third kappa shape index (κ3) is 2200. The van der Waals surface area contributed by atoms with Gasteiger partial charge >= 0.3 is 19.5 Å². The SMILES string of the molecule is C[N+](C)(C)C.[O-2].[O-][Cl+3]([O-])([O-])[O-].[Zn+2]. The van der Waals surface area contributed by atoms with Gasteiger partial charge in [-0.15, -0.1) is 10.2 Å². The fourth-order valence-corrected chi connectivity index (χ4v) is 0. The monoisotopic (exact) mass is 253 g/mol. The van der Waals surface area contributed by atoms with Gasteiger partial charge in [0.05, 0.1) is 28.2 Å². The molecule has 0 heterocycles. The van der Waals surface area contributed by atoms with Crippen LogP contribution in [-0.4, -0.2) is 32.7 Å². The van der Waals surface area contributed by atoms with E-state index in [0.29, 0.717) is 0 Å². The van der Waals surface area contributed by atoms with E-state index in [4.69, 9.17) is 18.6 Å². The van der Waals surface area contributed by atoms with Crippen LogP contribution in [0.3, 0.4) is 0 Å². The van der Waals surface area contributed by atoms with Crippen LogP contribution in [0.1, 0.15) is 0 Å². The normalized spacial score (nSPS) is 10.0. The minimum atomic E-state index is -4.94. The van der Waals surface area contributed by atoms with E-state index < -0.39 is 10.2 Å². The van der Waals surface area contributed by atoms with Crippen LogP contribution >= 0.6 is 0 Å². The molecule has 0 amide bonds. The standard InChI is InChI=1S/C4H12N.ClHO4.O.Zn/c1-5(2,3)4;2-1(3,4)5;;/h1-4H3;(H,2,3,4,5);;/q+1;;-2;+2/p-1. The Balaban J connectivity index is -0.0000000457. The summed E-state index contributed by atoms with van der Waals surface area (Å²) in [5.74, 6) is 0. The maximum Gasteiger partial charge on any atom is 2.00 e. The molecule has 0 atom stereocenters. The molecule has 0 aliphatic rings. The number of nitrogens with zero attached hydrogens (tertiary/aromatic N) is 1. The molecule has 0 bridgehead atoms. The second kappa shape index (κ2) is 8.28. The third-order valence-electron chi connectivity index (χ3n) is 0. The molecule has 72 valence electrons. The molecule has 0 saturated carbocycles. The number of quaternary nitrogens is 1. The van der Waals surface area contributed by atoms with Crippen LogP contribution in [0.4, 0.5) is 0 Å². The van der Waals surface area contributed by atoms with Crippen molar-refractivity contribution in [2.45, 2.75) is 0 Å². The summed E-state index contributed by atoms with van der Waals surface area (Å²) >= 11 is 0. The maximum absolute atomic E-state index is 8.49. The topological polar surface area (TPSA) is 121 Å². The Kier molecular flexibility index (Phi) is 15.8. The molecule has 12 heavy (non-hydrogen) atoms. The summed E-state index contributed by atoms with van der Waals surface area (Å²) in [7, 11) is 3.56. The van der Waals surface area contributed by atoms with E-state index in [2.05, 4.69) is 28.2 Å². The average Bonchev–Trinajstić information content (AvgIpc) is 1.12. The predicted molar refractivity (Wildman–Crippen MR) is 24.6 cm³/mol. The Morgan fingerprint density at radius 2 is 0.833 bits per heavy atom.